The molecule has 0 aromatic carbocycles. The van der Waals surface area contributed by atoms with Gasteiger partial charge in [0.1, 0.15) is 5.41 Å². The molecule has 0 saturated carbocycles. The van der Waals surface area contributed by atoms with Crippen LogP contribution in [0, 0.1) is 5.41 Å². The van der Waals surface area contributed by atoms with Gasteiger partial charge in [-0.2, -0.15) is 0 Å². The Balaban J connectivity index is 4.26. The van der Waals surface area contributed by atoms with Crippen LogP contribution in [-0.4, -0.2) is 23.5 Å². The van der Waals surface area contributed by atoms with Gasteiger partial charge in [0.15, 0.2) is 0 Å². The predicted octanol–water partition coefficient (Wildman–Crippen LogP) is 1.12. The summed E-state index contributed by atoms with van der Waals surface area (Å²) in [6, 6.07) is 0. The number of amides is 1. The van der Waals surface area contributed by atoms with Crippen LogP contribution >= 0.6 is 15.9 Å². The summed E-state index contributed by atoms with van der Waals surface area (Å²) in [5, 5.41) is 11.1. The minimum Gasteiger partial charge on any atom is -0.480 e. The standard InChI is InChI=1S/C8H12BrNO3/c1-5(9)4-10-6(11)8(2,3)7(12)13/h1,4H2,2-3H3,(H,10,11)(H,12,13). The first-order chi connectivity index (χ1) is 5.78. The lowest BCUT2D eigenvalue weighted by atomic mass is 9.93. The van der Waals surface area contributed by atoms with E-state index in [0.717, 1.165) is 0 Å². The summed E-state index contributed by atoms with van der Waals surface area (Å²) in [5.74, 6) is -1.68. The van der Waals surface area contributed by atoms with Crippen LogP contribution in [0.3, 0.4) is 0 Å². The summed E-state index contributed by atoms with van der Waals surface area (Å²) >= 11 is 3.05. The van der Waals surface area contributed by atoms with Crippen molar-refractivity contribution in [3.63, 3.8) is 0 Å². The number of halogens is 1. The molecule has 0 heterocycles. The molecule has 0 aromatic rings. The first-order valence-corrected chi connectivity index (χ1v) is 4.42. The molecule has 0 radical (unpaired) electrons. The third-order valence-electron chi connectivity index (χ3n) is 1.54. The maximum atomic E-state index is 11.3. The summed E-state index contributed by atoms with van der Waals surface area (Å²) in [6.45, 7) is 6.44. The Hall–Kier alpha value is -0.840. The molecular formula is C8H12BrNO3. The Labute approximate surface area is 85.1 Å². The number of rotatable bonds is 4. The summed E-state index contributed by atoms with van der Waals surface area (Å²) < 4.78 is 0.599. The Bertz CT molecular complexity index is 248. The van der Waals surface area contributed by atoms with E-state index in [1.165, 1.54) is 13.8 Å². The molecule has 0 aromatic heterocycles. The van der Waals surface area contributed by atoms with Crippen molar-refractivity contribution in [2.45, 2.75) is 13.8 Å². The molecule has 0 aliphatic carbocycles. The highest BCUT2D eigenvalue weighted by Crippen LogP contribution is 2.15. The number of carbonyl (C=O) groups excluding carboxylic acids is 1. The van der Waals surface area contributed by atoms with E-state index >= 15 is 0 Å². The van der Waals surface area contributed by atoms with Crippen LogP contribution < -0.4 is 5.32 Å². The summed E-state index contributed by atoms with van der Waals surface area (Å²) in [7, 11) is 0. The lowest BCUT2D eigenvalue weighted by Crippen LogP contribution is -2.42. The van der Waals surface area contributed by atoms with Gasteiger partial charge in [0, 0.05) is 11.0 Å². The molecule has 0 atom stereocenters. The molecular weight excluding hydrogens is 238 g/mol. The van der Waals surface area contributed by atoms with Crippen LogP contribution in [0.5, 0.6) is 0 Å². The quantitative estimate of drug-likeness (QED) is 0.735. The van der Waals surface area contributed by atoms with Crippen molar-refractivity contribution in [1.82, 2.24) is 5.32 Å². The zero-order valence-corrected chi connectivity index (χ0v) is 9.14. The highest BCUT2D eigenvalue weighted by molar-refractivity contribution is 9.11. The van der Waals surface area contributed by atoms with Gasteiger partial charge < -0.3 is 10.4 Å². The van der Waals surface area contributed by atoms with Crippen LogP contribution in [-0.2, 0) is 9.59 Å². The summed E-state index contributed by atoms with van der Waals surface area (Å²) in [4.78, 5) is 21.9. The SMILES string of the molecule is C=C(Br)CNC(=O)C(C)(C)C(=O)O. The monoisotopic (exact) mass is 249 g/mol. The second-order valence-corrected chi connectivity index (χ2v) is 4.25. The lowest BCUT2D eigenvalue weighted by Gasteiger charge is -2.17. The minimum absolute atomic E-state index is 0.232. The smallest absolute Gasteiger partial charge is 0.318 e. The van der Waals surface area contributed by atoms with Crippen LogP contribution in [0.15, 0.2) is 11.1 Å². The van der Waals surface area contributed by atoms with Gasteiger partial charge in [-0.1, -0.05) is 22.5 Å². The molecule has 13 heavy (non-hydrogen) atoms. The van der Waals surface area contributed by atoms with E-state index in [9.17, 15) is 9.59 Å². The Kier molecular flexibility index (Phi) is 4.13. The molecule has 0 saturated heterocycles. The third-order valence-corrected chi connectivity index (χ3v) is 1.82. The van der Waals surface area contributed by atoms with E-state index in [1.807, 2.05) is 0 Å². The fourth-order valence-corrected chi connectivity index (χ4v) is 0.634. The van der Waals surface area contributed by atoms with Crippen LogP contribution in [0.4, 0.5) is 0 Å². The molecule has 2 N–H and O–H groups in total. The van der Waals surface area contributed by atoms with Crippen molar-refractivity contribution in [2.75, 3.05) is 6.54 Å². The van der Waals surface area contributed by atoms with E-state index in [-0.39, 0.29) is 6.54 Å². The van der Waals surface area contributed by atoms with Crippen molar-refractivity contribution in [1.29, 1.82) is 0 Å². The topological polar surface area (TPSA) is 66.4 Å². The van der Waals surface area contributed by atoms with Crippen LogP contribution in [0.1, 0.15) is 13.8 Å². The van der Waals surface area contributed by atoms with Gasteiger partial charge in [0.25, 0.3) is 0 Å². The Morgan fingerprint density at radius 2 is 2.00 bits per heavy atom. The predicted molar refractivity (Wildman–Crippen MR) is 52.5 cm³/mol. The molecule has 5 heteroatoms. The average Bonchev–Trinajstić information content (AvgIpc) is 1.99. The average molecular weight is 250 g/mol. The maximum absolute atomic E-state index is 11.3. The number of carboxylic acid groups (broad SMARTS) is 1. The first kappa shape index (κ1) is 12.2. The van der Waals surface area contributed by atoms with E-state index in [2.05, 4.69) is 27.8 Å². The third kappa shape index (κ3) is 3.59. The second kappa shape index (κ2) is 4.41. The highest BCUT2D eigenvalue weighted by Gasteiger charge is 2.35. The zero-order valence-electron chi connectivity index (χ0n) is 7.56. The van der Waals surface area contributed by atoms with E-state index in [4.69, 9.17) is 5.11 Å². The number of hydrogen-bond donors (Lipinski definition) is 2. The fraction of sp³-hybridized carbons (Fsp3) is 0.500. The molecule has 0 aliphatic rings. The van der Waals surface area contributed by atoms with Crippen LogP contribution in [0.2, 0.25) is 0 Å². The molecule has 0 rings (SSSR count). The molecule has 1 amide bonds. The van der Waals surface area contributed by atoms with E-state index < -0.39 is 17.3 Å². The number of carboxylic acids is 1. The fourth-order valence-electron chi connectivity index (χ4n) is 0.494. The van der Waals surface area contributed by atoms with Crippen LogP contribution in [0.25, 0.3) is 0 Å². The van der Waals surface area contributed by atoms with Crippen molar-refractivity contribution < 1.29 is 14.7 Å². The summed E-state index contributed by atoms with van der Waals surface area (Å²) in [5.41, 5.74) is -1.40. The Morgan fingerprint density at radius 3 is 2.31 bits per heavy atom. The second-order valence-electron chi connectivity index (χ2n) is 3.13. The van der Waals surface area contributed by atoms with Gasteiger partial charge in [0.2, 0.25) is 5.91 Å². The summed E-state index contributed by atoms with van der Waals surface area (Å²) in [6.07, 6.45) is 0. The van der Waals surface area contributed by atoms with Gasteiger partial charge >= 0.3 is 5.97 Å². The molecule has 0 aliphatic heterocycles. The molecule has 4 nitrogen and oxygen atoms in total. The lowest BCUT2D eigenvalue weighted by molar-refractivity contribution is -0.153. The molecule has 74 valence electrons. The number of hydrogen-bond acceptors (Lipinski definition) is 2. The van der Waals surface area contributed by atoms with Gasteiger partial charge in [-0.3, -0.25) is 9.59 Å². The largest absolute Gasteiger partial charge is 0.480 e. The molecule has 0 fully saturated rings. The molecule has 0 unspecified atom stereocenters. The Morgan fingerprint density at radius 1 is 1.54 bits per heavy atom. The highest BCUT2D eigenvalue weighted by atomic mass is 79.9. The minimum atomic E-state index is -1.40. The van der Waals surface area contributed by atoms with Gasteiger partial charge in [0.05, 0.1) is 0 Å². The number of aliphatic carboxylic acids is 1. The molecule has 0 bridgehead atoms. The number of carbonyl (C=O) groups is 2. The first-order valence-electron chi connectivity index (χ1n) is 3.63. The van der Waals surface area contributed by atoms with Gasteiger partial charge in [-0.05, 0) is 13.8 Å². The zero-order chi connectivity index (χ0) is 10.6. The molecule has 0 spiro atoms. The van der Waals surface area contributed by atoms with Gasteiger partial charge in [-0.15, -0.1) is 0 Å². The van der Waals surface area contributed by atoms with Gasteiger partial charge in [-0.25, -0.2) is 0 Å². The van der Waals surface area contributed by atoms with Crippen molar-refractivity contribution >= 4 is 27.8 Å². The van der Waals surface area contributed by atoms with E-state index in [1.54, 1.807) is 0 Å². The maximum Gasteiger partial charge on any atom is 0.318 e. The normalized spacial score (nSPS) is 10.7. The number of nitrogens with one attached hydrogen (secondary N) is 1. The van der Waals surface area contributed by atoms with E-state index in [0.29, 0.717) is 4.48 Å². The van der Waals surface area contributed by atoms with Crippen molar-refractivity contribution in [3.05, 3.63) is 11.1 Å². The van der Waals surface area contributed by atoms with Crippen molar-refractivity contribution in [3.8, 4) is 0 Å². The van der Waals surface area contributed by atoms with Crippen molar-refractivity contribution in [2.24, 2.45) is 5.41 Å².